The molecule has 2 atom stereocenters. The van der Waals surface area contributed by atoms with Gasteiger partial charge in [-0.1, -0.05) is 6.92 Å². The first-order valence-corrected chi connectivity index (χ1v) is 10.5. The van der Waals surface area contributed by atoms with E-state index in [1.807, 2.05) is 19.6 Å². The van der Waals surface area contributed by atoms with Gasteiger partial charge in [-0.05, 0) is 38.8 Å². The van der Waals surface area contributed by atoms with Crippen LogP contribution in [0.1, 0.15) is 32.2 Å². The number of unbranched alkanes of at least 4 members (excludes halogenated alkanes) is 1. The zero-order valence-electron chi connectivity index (χ0n) is 17.3. The Hall–Kier alpha value is -1.60. The molecule has 3 heterocycles. The molecule has 0 aromatic carbocycles. The average molecular weight is 376 g/mol. The molecule has 2 aliphatic rings. The molecule has 2 unspecified atom stereocenters. The van der Waals surface area contributed by atoms with Gasteiger partial charge >= 0.3 is 0 Å². The fourth-order valence-electron chi connectivity index (χ4n) is 4.16. The average Bonchev–Trinajstić information content (AvgIpc) is 3.21. The molecule has 2 saturated heterocycles. The van der Waals surface area contributed by atoms with E-state index >= 15 is 0 Å². The number of guanidine groups is 1. The van der Waals surface area contributed by atoms with Gasteiger partial charge in [-0.15, -0.1) is 0 Å². The van der Waals surface area contributed by atoms with Crippen LogP contribution in [0.2, 0.25) is 0 Å². The van der Waals surface area contributed by atoms with Gasteiger partial charge in [0.05, 0.1) is 12.4 Å². The monoisotopic (exact) mass is 375 g/mol. The summed E-state index contributed by atoms with van der Waals surface area (Å²) in [6.07, 6.45) is 9.54. The van der Waals surface area contributed by atoms with Gasteiger partial charge in [-0.3, -0.25) is 4.99 Å². The number of piperazine rings is 1. The van der Waals surface area contributed by atoms with Gasteiger partial charge in [-0.25, -0.2) is 4.98 Å². The highest BCUT2D eigenvalue weighted by atomic mass is 15.3. The van der Waals surface area contributed by atoms with Crippen molar-refractivity contribution in [2.45, 2.75) is 32.2 Å². The van der Waals surface area contributed by atoms with E-state index in [0.29, 0.717) is 12.0 Å². The van der Waals surface area contributed by atoms with Crippen LogP contribution in [0.25, 0.3) is 0 Å². The summed E-state index contributed by atoms with van der Waals surface area (Å²) in [7, 11) is 4.11. The second-order valence-corrected chi connectivity index (χ2v) is 8.12. The molecule has 1 N–H and O–H groups in total. The van der Waals surface area contributed by atoms with Gasteiger partial charge in [0.25, 0.3) is 0 Å². The van der Waals surface area contributed by atoms with Gasteiger partial charge in [-0.2, -0.15) is 0 Å². The molecule has 2 aliphatic heterocycles. The number of aromatic nitrogens is 2. The van der Waals surface area contributed by atoms with Crippen LogP contribution in [-0.2, 0) is 0 Å². The standard InChI is InChI=1S/C20H37N7/c1-18-6-10-26(16-19(18)27-11-8-22-17-27)20(21-2)23-7-4-5-9-25-14-12-24(3)13-15-25/h8,11,17-19H,4-7,9-10,12-16H2,1-3H3,(H,21,23). The largest absolute Gasteiger partial charge is 0.356 e. The molecule has 0 spiro atoms. The lowest BCUT2D eigenvalue weighted by Crippen LogP contribution is -2.49. The van der Waals surface area contributed by atoms with E-state index in [4.69, 9.17) is 0 Å². The number of imidazole rings is 1. The van der Waals surface area contributed by atoms with Crippen molar-refractivity contribution in [3.05, 3.63) is 18.7 Å². The first-order chi connectivity index (χ1) is 13.2. The zero-order valence-corrected chi connectivity index (χ0v) is 17.3. The van der Waals surface area contributed by atoms with Crippen molar-refractivity contribution in [2.24, 2.45) is 10.9 Å². The zero-order chi connectivity index (χ0) is 19.1. The Morgan fingerprint density at radius 1 is 1.19 bits per heavy atom. The fraction of sp³-hybridized carbons (Fsp3) is 0.800. The number of hydrogen-bond acceptors (Lipinski definition) is 4. The Morgan fingerprint density at radius 2 is 2.00 bits per heavy atom. The van der Waals surface area contributed by atoms with Crippen molar-refractivity contribution in [1.82, 2.24) is 29.6 Å². The Kier molecular flexibility index (Phi) is 7.52. The number of nitrogens with zero attached hydrogens (tertiary/aromatic N) is 6. The predicted molar refractivity (Wildman–Crippen MR) is 111 cm³/mol. The molecule has 2 fully saturated rings. The summed E-state index contributed by atoms with van der Waals surface area (Å²) < 4.78 is 2.25. The molecule has 0 saturated carbocycles. The summed E-state index contributed by atoms with van der Waals surface area (Å²) in [5, 5.41) is 3.59. The second kappa shape index (κ2) is 10.1. The van der Waals surface area contributed by atoms with Crippen molar-refractivity contribution in [3.63, 3.8) is 0 Å². The third-order valence-corrected chi connectivity index (χ3v) is 6.12. The van der Waals surface area contributed by atoms with Gasteiger partial charge in [0.1, 0.15) is 0 Å². The molecule has 0 amide bonds. The summed E-state index contributed by atoms with van der Waals surface area (Å²) in [5.41, 5.74) is 0. The van der Waals surface area contributed by atoms with Gasteiger partial charge in [0, 0.05) is 65.3 Å². The van der Waals surface area contributed by atoms with E-state index in [-0.39, 0.29) is 0 Å². The molecular formula is C20H37N7. The van der Waals surface area contributed by atoms with Gasteiger partial charge in [0.15, 0.2) is 5.96 Å². The van der Waals surface area contributed by atoms with E-state index < -0.39 is 0 Å². The molecule has 152 valence electrons. The van der Waals surface area contributed by atoms with Crippen LogP contribution >= 0.6 is 0 Å². The maximum atomic E-state index is 4.54. The maximum Gasteiger partial charge on any atom is 0.193 e. The van der Waals surface area contributed by atoms with Crippen LogP contribution in [0.5, 0.6) is 0 Å². The number of piperidine rings is 1. The van der Waals surface area contributed by atoms with Crippen molar-refractivity contribution < 1.29 is 0 Å². The molecule has 27 heavy (non-hydrogen) atoms. The summed E-state index contributed by atoms with van der Waals surface area (Å²) >= 11 is 0. The van der Waals surface area contributed by atoms with Crippen LogP contribution in [0.15, 0.2) is 23.7 Å². The van der Waals surface area contributed by atoms with E-state index in [9.17, 15) is 0 Å². The van der Waals surface area contributed by atoms with Gasteiger partial charge < -0.3 is 24.6 Å². The summed E-state index contributed by atoms with van der Waals surface area (Å²) in [6, 6.07) is 0.469. The van der Waals surface area contributed by atoms with Crippen LogP contribution in [-0.4, -0.2) is 96.7 Å². The van der Waals surface area contributed by atoms with Crippen molar-refractivity contribution in [2.75, 3.05) is 66.5 Å². The van der Waals surface area contributed by atoms with E-state index in [0.717, 1.165) is 25.6 Å². The highest BCUT2D eigenvalue weighted by molar-refractivity contribution is 5.80. The number of nitrogens with one attached hydrogen (secondary N) is 1. The summed E-state index contributed by atoms with van der Waals surface area (Å²) in [6.45, 7) is 11.5. The number of aliphatic imine (C=N–C) groups is 1. The third kappa shape index (κ3) is 5.69. The van der Waals surface area contributed by atoms with Crippen LogP contribution < -0.4 is 5.32 Å². The van der Waals surface area contributed by atoms with E-state index in [1.54, 1.807) is 0 Å². The van der Waals surface area contributed by atoms with Crippen LogP contribution in [0.3, 0.4) is 0 Å². The predicted octanol–water partition coefficient (Wildman–Crippen LogP) is 1.37. The minimum absolute atomic E-state index is 0.469. The lowest BCUT2D eigenvalue weighted by Gasteiger charge is -2.39. The fourth-order valence-corrected chi connectivity index (χ4v) is 4.16. The van der Waals surface area contributed by atoms with E-state index in [2.05, 4.69) is 54.7 Å². The van der Waals surface area contributed by atoms with Gasteiger partial charge in [0.2, 0.25) is 0 Å². The molecule has 7 nitrogen and oxygen atoms in total. The summed E-state index contributed by atoms with van der Waals surface area (Å²) in [4.78, 5) is 16.2. The molecular weight excluding hydrogens is 338 g/mol. The Labute approximate surface area is 164 Å². The normalized spacial score (nSPS) is 25.7. The molecule has 0 aliphatic carbocycles. The Bertz CT molecular complexity index is 563. The highest BCUT2D eigenvalue weighted by Gasteiger charge is 2.28. The van der Waals surface area contributed by atoms with E-state index in [1.165, 1.54) is 52.0 Å². The van der Waals surface area contributed by atoms with Crippen molar-refractivity contribution in [3.8, 4) is 0 Å². The highest BCUT2D eigenvalue weighted by Crippen LogP contribution is 2.27. The maximum absolute atomic E-state index is 4.54. The minimum Gasteiger partial charge on any atom is -0.356 e. The smallest absolute Gasteiger partial charge is 0.193 e. The molecule has 7 heteroatoms. The first kappa shape index (κ1) is 20.1. The SMILES string of the molecule is CN=C(NCCCCN1CCN(C)CC1)N1CCC(C)C(n2ccnc2)C1. The molecule has 0 radical (unpaired) electrons. The first-order valence-electron chi connectivity index (χ1n) is 10.5. The van der Waals surface area contributed by atoms with Crippen molar-refractivity contribution in [1.29, 1.82) is 0 Å². The number of likely N-dealkylation sites (tertiary alicyclic amines) is 1. The molecule has 1 aromatic heterocycles. The molecule has 3 rings (SSSR count). The second-order valence-electron chi connectivity index (χ2n) is 8.12. The lowest BCUT2D eigenvalue weighted by molar-refractivity contribution is 0.152. The molecule has 1 aromatic rings. The van der Waals surface area contributed by atoms with Crippen LogP contribution in [0.4, 0.5) is 0 Å². The third-order valence-electron chi connectivity index (χ3n) is 6.12. The van der Waals surface area contributed by atoms with Crippen LogP contribution in [0, 0.1) is 5.92 Å². The summed E-state index contributed by atoms with van der Waals surface area (Å²) in [5.74, 6) is 1.71. The topological polar surface area (TPSA) is 51.9 Å². The lowest BCUT2D eigenvalue weighted by atomic mass is 9.93. The number of likely N-dealkylation sites (N-methyl/N-ethyl adjacent to an activating group) is 1. The number of hydrogen-bond donors (Lipinski definition) is 1. The Balaban J connectivity index is 1.38. The quantitative estimate of drug-likeness (QED) is 0.462. The Morgan fingerprint density at radius 3 is 2.70 bits per heavy atom. The number of rotatable bonds is 6. The van der Waals surface area contributed by atoms with Crippen molar-refractivity contribution >= 4 is 5.96 Å². The molecule has 0 bridgehead atoms. The minimum atomic E-state index is 0.469.